The third-order valence-corrected chi connectivity index (χ3v) is 5.49. The Morgan fingerprint density at radius 1 is 1.33 bits per heavy atom. The second-order valence-electron chi connectivity index (χ2n) is 6.15. The number of carbonyl (C=O) groups excluding carboxylic acids is 1. The highest BCUT2D eigenvalue weighted by Gasteiger charge is 2.41. The van der Waals surface area contributed by atoms with Gasteiger partial charge in [0.2, 0.25) is 5.91 Å². The number of nitrogens with zero attached hydrogens (tertiary/aromatic N) is 2. The summed E-state index contributed by atoms with van der Waals surface area (Å²) in [6.45, 7) is 4.42. The summed E-state index contributed by atoms with van der Waals surface area (Å²) in [4.78, 5) is 14.1. The van der Waals surface area contributed by atoms with E-state index in [9.17, 15) is 4.79 Å². The minimum atomic E-state index is -0.552. The molecule has 0 unspecified atom stereocenters. The molecule has 0 radical (unpaired) electrons. The smallest absolute Gasteiger partial charge is 0.248 e. The summed E-state index contributed by atoms with van der Waals surface area (Å²) in [6.07, 6.45) is 5.17. The van der Waals surface area contributed by atoms with Crippen LogP contribution in [0.25, 0.3) is 0 Å². The monoisotopic (exact) mass is 344 g/mol. The Labute approximate surface area is 147 Å². The first-order chi connectivity index (χ1) is 11.7. The van der Waals surface area contributed by atoms with Crippen LogP contribution in [-0.2, 0) is 10.3 Å². The number of benzene rings is 1. The molecule has 128 valence electrons. The molecule has 0 atom stereocenters. The summed E-state index contributed by atoms with van der Waals surface area (Å²) in [5, 5.41) is 10.8. The highest BCUT2D eigenvalue weighted by Crippen LogP contribution is 2.27. The molecule has 0 aliphatic carbocycles. The summed E-state index contributed by atoms with van der Waals surface area (Å²) >= 11 is 1.76. The fourth-order valence-electron chi connectivity index (χ4n) is 3.06. The van der Waals surface area contributed by atoms with Crippen molar-refractivity contribution in [2.75, 3.05) is 25.4 Å². The average molecular weight is 344 g/mol. The second kappa shape index (κ2) is 7.85. The van der Waals surface area contributed by atoms with Crippen LogP contribution in [0, 0.1) is 6.92 Å². The van der Waals surface area contributed by atoms with E-state index in [2.05, 4.69) is 46.9 Å². The van der Waals surface area contributed by atoms with E-state index < -0.39 is 5.54 Å². The van der Waals surface area contributed by atoms with Crippen molar-refractivity contribution >= 4 is 17.7 Å². The van der Waals surface area contributed by atoms with Crippen molar-refractivity contribution < 1.29 is 4.79 Å². The molecule has 2 heterocycles. The zero-order valence-electron chi connectivity index (χ0n) is 14.0. The van der Waals surface area contributed by atoms with Crippen LogP contribution in [0.2, 0.25) is 0 Å². The zero-order chi connectivity index (χ0) is 16.8. The van der Waals surface area contributed by atoms with E-state index in [1.54, 1.807) is 18.0 Å². The van der Waals surface area contributed by atoms with Crippen LogP contribution in [0.4, 0.5) is 0 Å². The molecule has 0 bridgehead atoms. The van der Waals surface area contributed by atoms with Crippen molar-refractivity contribution in [3.05, 3.63) is 48.3 Å². The minimum Gasteiger partial charge on any atom is -0.353 e. The topological polar surface area (TPSA) is 59.0 Å². The molecule has 1 aromatic carbocycles. The standard InChI is InChI=1S/C18H24N4OS/c1-15-3-5-16(6-4-15)24-14-12-20-17(23)18(7-10-19-11-8-18)22-13-2-9-21-22/h2-6,9,13,19H,7-8,10-12,14H2,1H3,(H,20,23). The van der Waals surface area contributed by atoms with Gasteiger partial charge in [0, 0.05) is 29.6 Å². The van der Waals surface area contributed by atoms with E-state index >= 15 is 0 Å². The van der Waals surface area contributed by atoms with E-state index in [-0.39, 0.29) is 5.91 Å². The van der Waals surface area contributed by atoms with Crippen molar-refractivity contribution in [1.29, 1.82) is 0 Å². The maximum atomic E-state index is 12.9. The fourth-order valence-corrected chi connectivity index (χ4v) is 3.82. The van der Waals surface area contributed by atoms with Gasteiger partial charge >= 0.3 is 0 Å². The van der Waals surface area contributed by atoms with Crippen LogP contribution in [0.3, 0.4) is 0 Å². The first kappa shape index (κ1) is 17.0. The Balaban J connectivity index is 1.55. The van der Waals surface area contributed by atoms with Crippen molar-refractivity contribution in [2.24, 2.45) is 0 Å². The highest BCUT2D eigenvalue weighted by molar-refractivity contribution is 7.99. The van der Waals surface area contributed by atoms with Gasteiger partial charge in [-0.15, -0.1) is 11.8 Å². The average Bonchev–Trinajstić information content (AvgIpc) is 3.16. The van der Waals surface area contributed by atoms with Gasteiger partial charge in [-0.3, -0.25) is 9.48 Å². The van der Waals surface area contributed by atoms with Crippen LogP contribution >= 0.6 is 11.8 Å². The molecule has 1 aromatic heterocycles. The lowest BCUT2D eigenvalue weighted by atomic mass is 9.87. The van der Waals surface area contributed by atoms with E-state index in [1.807, 2.05) is 16.9 Å². The van der Waals surface area contributed by atoms with Crippen LogP contribution in [0.1, 0.15) is 18.4 Å². The Morgan fingerprint density at radius 3 is 2.75 bits per heavy atom. The van der Waals surface area contributed by atoms with E-state index in [0.717, 1.165) is 31.7 Å². The van der Waals surface area contributed by atoms with Crippen LogP contribution < -0.4 is 10.6 Å². The number of rotatable bonds is 6. The second-order valence-corrected chi connectivity index (χ2v) is 7.32. The number of hydrogen-bond donors (Lipinski definition) is 2. The molecule has 1 fully saturated rings. The largest absolute Gasteiger partial charge is 0.353 e. The molecule has 5 nitrogen and oxygen atoms in total. The number of hydrogen-bond acceptors (Lipinski definition) is 4. The summed E-state index contributed by atoms with van der Waals surface area (Å²) in [5.74, 6) is 0.944. The van der Waals surface area contributed by atoms with Crippen molar-refractivity contribution in [3.63, 3.8) is 0 Å². The van der Waals surface area contributed by atoms with Crippen molar-refractivity contribution in [3.8, 4) is 0 Å². The maximum absolute atomic E-state index is 12.9. The number of amides is 1. The fraction of sp³-hybridized carbons (Fsp3) is 0.444. The van der Waals surface area contributed by atoms with Gasteiger partial charge in [0.15, 0.2) is 0 Å². The van der Waals surface area contributed by atoms with Crippen LogP contribution in [0.5, 0.6) is 0 Å². The first-order valence-electron chi connectivity index (χ1n) is 8.39. The summed E-state index contributed by atoms with van der Waals surface area (Å²) in [6, 6.07) is 10.4. The maximum Gasteiger partial charge on any atom is 0.248 e. The normalized spacial score (nSPS) is 16.7. The molecule has 1 saturated heterocycles. The molecule has 3 rings (SSSR count). The van der Waals surface area contributed by atoms with Gasteiger partial charge in [0.05, 0.1) is 0 Å². The third kappa shape index (κ3) is 3.82. The van der Waals surface area contributed by atoms with Gasteiger partial charge in [-0.05, 0) is 51.1 Å². The van der Waals surface area contributed by atoms with E-state index in [1.165, 1.54) is 10.5 Å². The SMILES string of the molecule is Cc1ccc(SCCNC(=O)C2(n3cccn3)CCNCC2)cc1. The Bertz CT molecular complexity index is 648. The molecular formula is C18H24N4OS. The molecule has 0 spiro atoms. The number of aryl methyl sites for hydroxylation is 1. The molecule has 0 saturated carbocycles. The molecule has 2 aromatic rings. The van der Waals surface area contributed by atoms with Crippen LogP contribution in [-0.4, -0.2) is 41.1 Å². The number of aromatic nitrogens is 2. The quantitative estimate of drug-likeness (QED) is 0.623. The lowest BCUT2D eigenvalue weighted by Gasteiger charge is -2.36. The van der Waals surface area contributed by atoms with Gasteiger partial charge in [0.1, 0.15) is 5.54 Å². The molecule has 1 aliphatic rings. The van der Waals surface area contributed by atoms with Gasteiger partial charge < -0.3 is 10.6 Å². The number of nitrogens with one attached hydrogen (secondary N) is 2. The van der Waals surface area contributed by atoms with E-state index in [4.69, 9.17) is 0 Å². The van der Waals surface area contributed by atoms with Gasteiger partial charge in [-0.25, -0.2) is 0 Å². The molecular weight excluding hydrogens is 320 g/mol. The van der Waals surface area contributed by atoms with E-state index in [0.29, 0.717) is 6.54 Å². The Kier molecular flexibility index (Phi) is 5.58. The molecule has 6 heteroatoms. The lowest BCUT2D eigenvalue weighted by molar-refractivity contribution is -0.131. The Morgan fingerprint density at radius 2 is 2.08 bits per heavy atom. The molecule has 1 aliphatic heterocycles. The Hall–Kier alpha value is -1.79. The van der Waals surface area contributed by atoms with Crippen molar-refractivity contribution in [2.45, 2.75) is 30.2 Å². The number of carbonyl (C=O) groups is 1. The highest BCUT2D eigenvalue weighted by atomic mass is 32.2. The van der Waals surface area contributed by atoms with Gasteiger partial charge in [-0.1, -0.05) is 17.7 Å². The predicted octanol–water partition coefficient (Wildman–Crippen LogP) is 2.18. The third-order valence-electron chi connectivity index (χ3n) is 4.47. The summed E-state index contributed by atoms with van der Waals surface area (Å²) in [5.41, 5.74) is 0.711. The number of piperidine rings is 1. The lowest BCUT2D eigenvalue weighted by Crippen LogP contribution is -2.54. The summed E-state index contributed by atoms with van der Waals surface area (Å²) in [7, 11) is 0. The first-order valence-corrected chi connectivity index (χ1v) is 9.38. The molecule has 1 amide bonds. The van der Waals surface area contributed by atoms with Gasteiger partial charge in [0.25, 0.3) is 0 Å². The predicted molar refractivity (Wildman–Crippen MR) is 97.2 cm³/mol. The molecule has 2 N–H and O–H groups in total. The number of thioether (sulfide) groups is 1. The minimum absolute atomic E-state index is 0.0807. The zero-order valence-corrected chi connectivity index (χ0v) is 14.8. The van der Waals surface area contributed by atoms with Crippen LogP contribution in [0.15, 0.2) is 47.6 Å². The summed E-state index contributed by atoms with van der Waals surface area (Å²) < 4.78 is 1.83. The molecule has 24 heavy (non-hydrogen) atoms. The van der Waals surface area contributed by atoms with Gasteiger partial charge in [-0.2, -0.15) is 5.10 Å². The van der Waals surface area contributed by atoms with Crippen molar-refractivity contribution in [1.82, 2.24) is 20.4 Å².